The number of para-hydroxylation sites is 1. The van der Waals surface area contributed by atoms with Crippen LogP contribution >= 0.6 is 0 Å². The summed E-state index contributed by atoms with van der Waals surface area (Å²) in [4.78, 5) is 23.5. The van der Waals surface area contributed by atoms with Crippen molar-refractivity contribution in [2.45, 2.75) is 0 Å². The molecule has 0 aliphatic carbocycles. The van der Waals surface area contributed by atoms with E-state index in [9.17, 15) is 4.79 Å². The van der Waals surface area contributed by atoms with Gasteiger partial charge in [0.05, 0.1) is 29.7 Å². The third kappa shape index (κ3) is 4.67. The van der Waals surface area contributed by atoms with E-state index < -0.39 is 0 Å². The molecule has 1 fully saturated rings. The van der Waals surface area contributed by atoms with E-state index in [1.807, 2.05) is 41.1 Å². The van der Waals surface area contributed by atoms with Gasteiger partial charge in [-0.1, -0.05) is 24.8 Å². The van der Waals surface area contributed by atoms with E-state index in [2.05, 4.69) is 50.6 Å². The van der Waals surface area contributed by atoms with Gasteiger partial charge in [0.25, 0.3) is 0 Å². The normalized spacial score (nSPS) is 13.5. The third-order valence-corrected chi connectivity index (χ3v) is 5.95. The van der Waals surface area contributed by atoms with E-state index in [0.29, 0.717) is 23.1 Å². The Bertz CT molecular complexity index is 1380. The zero-order chi connectivity index (χ0) is 24.2. The van der Waals surface area contributed by atoms with Crippen LogP contribution < -0.4 is 25.6 Å². The average Bonchev–Trinajstić information content (AvgIpc) is 3.34. The lowest BCUT2D eigenvalue weighted by atomic mass is 10.1. The summed E-state index contributed by atoms with van der Waals surface area (Å²) in [5.74, 6) is 1.49. The Morgan fingerprint density at radius 3 is 2.77 bits per heavy atom. The molecule has 2 aromatic heterocycles. The average molecular weight is 470 g/mol. The van der Waals surface area contributed by atoms with Crippen molar-refractivity contribution in [3.8, 4) is 11.6 Å². The maximum Gasteiger partial charge on any atom is 0.247 e. The monoisotopic (exact) mass is 469 g/mol. The largest absolute Gasteiger partial charge is 0.494 e. The van der Waals surface area contributed by atoms with Crippen LogP contribution in [0.15, 0.2) is 73.6 Å². The lowest BCUT2D eigenvalue weighted by molar-refractivity contribution is -0.111. The first-order valence-corrected chi connectivity index (χ1v) is 11.4. The maximum absolute atomic E-state index is 12.2. The van der Waals surface area contributed by atoms with Crippen molar-refractivity contribution >= 4 is 39.8 Å². The SMILES string of the molecule is C=CC(=O)Nc1cc(Nc2nccc(-n3ccc4ccccc43)n2)c(OC)cc1N1CCNCC1. The minimum atomic E-state index is -0.282. The van der Waals surface area contributed by atoms with E-state index in [-0.39, 0.29) is 5.91 Å². The summed E-state index contributed by atoms with van der Waals surface area (Å²) in [6, 6.07) is 15.8. The molecule has 9 nitrogen and oxygen atoms in total. The summed E-state index contributed by atoms with van der Waals surface area (Å²) >= 11 is 0. The van der Waals surface area contributed by atoms with Crippen molar-refractivity contribution in [2.75, 3.05) is 48.8 Å². The van der Waals surface area contributed by atoms with Crippen LogP contribution in [0.1, 0.15) is 0 Å². The van der Waals surface area contributed by atoms with Crippen LogP contribution in [-0.2, 0) is 4.79 Å². The number of anilines is 4. The number of benzene rings is 2. The topological polar surface area (TPSA) is 96.3 Å². The maximum atomic E-state index is 12.2. The third-order valence-electron chi connectivity index (χ3n) is 5.95. The number of methoxy groups -OCH3 is 1. The molecular formula is C26H27N7O2. The Morgan fingerprint density at radius 1 is 1.14 bits per heavy atom. The van der Waals surface area contributed by atoms with E-state index in [1.165, 1.54) is 6.08 Å². The van der Waals surface area contributed by atoms with E-state index in [1.54, 1.807) is 13.3 Å². The predicted octanol–water partition coefficient (Wildman–Crippen LogP) is 3.71. The van der Waals surface area contributed by atoms with Gasteiger partial charge in [-0.3, -0.25) is 4.79 Å². The molecule has 35 heavy (non-hydrogen) atoms. The van der Waals surface area contributed by atoms with Gasteiger partial charge in [-0.15, -0.1) is 0 Å². The van der Waals surface area contributed by atoms with Crippen molar-refractivity contribution in [3.05, 3.63) is 73.6 Å². The van der Waals surface area contributed by atoms with Crippen molar-refractivity contribution in [1.29, 1.82) is 0 Å². The van der Waals surface area contributed by atoms with Crippen LogP contribution in [0.4, 0.5) is 23.0 Å². The van der Waals surface area contributed by atoms with Crippen LogP contribution in [-0.4, -0.2) is 53.7 Å². The molecule has 0 saturated carbocycles. The standard InChI is InChI=1S/C26H27N7O2/c1-3-25(34)29-19-16-20(23(35-2)17-22(19)32-14-11-27-12-15-32)30-26-28-10-8-24(31-26)33-13-9-18-6-4-5-7-21(18)33/h3-10,13,16-17,27H,1,11-12,14-15H2,2H3,(H,29,34)(H,28,30,31). The Labute approximate surface area is 203 Å². The van der Waals surface area contributed by atoms with Crippen LogP contribution in [0.5, 0.6) is 5.75 Å². The molecule has 0 spiro atoms. The second kappa shape index (κ2) is 9.86. The molecule has 178 valence electrons. The van der Waals surface area contributed by atoms with Gasteiger partial charge in [0.1, 0.15) is 11.6 Å². The number of carbonyl (C=O) groups is 1. The quantitative estimate of drug-likeness (QED) is 0.355. The minimum absolute atomic E-state index is 0.282. The number of amides is 1. The number of carbonyl (C=O) groups excluding carboxylic acids is 1. The lowest BCUT2D eigenvalue weighted by Gasteiger charge is -2.31. The van der Waals surface area contributed by atoms with Crippen LogP contribution in [0.2, 0.25) is 0 Å². The minimum Gasteiger partial charge on any atom is -0.494 e. The molecule has 1 aliphatic heterocycles. The molecule has 0 radical (unpaired) electrons. The summed E-state index contributed by atoms with van der Waals surface area (Å²) in [7, 11) is 1.62. The van der Waals surface area contributed by atoms with Gasteiger partial charge < -0.3 is 30.2 Å². The number of rotatable bonds is 7. The highest BCUT2D eigenvalue weighted by molar-refractivity contribution is 6.02. The second-order valence-corrected chi connectivity index (χ2v) is 8.11. The smallest absolute Gasteiger partial charge is 0.247 e. The van der Waals surface area contributed by atoms with Crippen LogP contribution in [0.3, 0.4) is 0 Å². The predicted molar refractivity (Wildman–Crippen MR) is 139 cm³/mol. The summed E-state index contributed by atoms with van der Waals surface area (Å²) in [5, 5.41) is 10.7. The van der Waals surface area contributed by atoms with Gasteiger partial charge in [-0.25, -0.2) is 4.98 Å². The molecule has 0 bridgehead atoms. The molecule has 1 amide bonds. The number of piperazine rings is 1. The summed E-state index contributed by atoms with van der Waals surface area (Å²) in [6.45, 7) is 6.96. The Morgan fingerprint density at radius 2 is 1.97 bits per heavy atom. The lowest BCUT2D eigenvalue weighted by Crippen LogP contribution is -2.43. The molecule has 0 unspecified atom stereocenters. The first-order valence-electron chi connectivity index (χ1n) is 11.4. The van der Waals surface area contributed by atoms with Crippen molar-refractivity contribution in [3.63, 3.8) is 0 Å². The zero-order valence-corrected chi connectivity index (χ0v) is 19.5. The first kappa shape index (κ1) is 22.4. The number of hydrogen-bond donors (Lipinski definition) is 3. The highest BCUT2D eigenvalue weighted by Crippen LogP contribution is 2.38. The number of aromatic nitrogens is 3. The molecule has 5 rings (SSSR count). The van der Waals surface area contributed by atoms with Gasteiger partial charge in [-0.05, 0) is 35.7 Å². The van der Waals surface area contributed by atoms with E-state index in [0.717, 1.165) is 48.6 Å². The molecule has 3 heterocycles. The number of fused-ring (bicyclic) bond motifs is 1. The summed E-state index contributed by atoms with van der Waals surface area (Å²) in [6.07, 6.45) is 4.96. The first-order chi connectivity index (χ1) is 17.2. The fraction of sp³-hybridized carbons (Fsp3) is 0.192. The molecule has 3 N–H and O–H groups in total. The zero-order valence-electron chi connectivity index (χ0n) is 19.5. The molecule has 1 aliphatic rings. The Balaban J connectivity index is 1.51. The molecule has 4 aromatic rings. The van der Waals surface area contributed by atoms with Crippen molar-refractivity contribution in [1.82, 2.24) is 19.9 Å². The molecule has 9 heteroatoms. The number of hydrogen-bond acceptors (Lipinski definition) is 7. The van der Waals surface area contributed by atoms with E-state index >= 15 is 0 Å². The molecule has 1 saturated heterocycles. The van der Waals surface area contributed by atoms with Gasteiger partial charge in [-0.2, -0.15) is 4.98 Å². The highest BCUT2D eigenvalue weighted by atomic mass is 16.5. The van der Waals surface area contributed by atoms with Gasteiger partial charge in [0, 0.05) is 44.6 Å². The highest BCUT2D eigenvalue weighted by Gasteiger charge is 2.19. The van der Waals surface area contributed by atoms with Crippen LogP contribution in [0.25, 0.3) is 16.7 Å². The fourth-order valence-corrected chi connectivity index (χ4v) is 4.23. The summed E-state index contributed by atoms with van der Waals surface area (Å²) in [5.41, 5.74) is 3.25. The summed E-state index contributed by atoms with van der Waals surface area (Å²) < 4.78 is 7.71. The van der Waals surface area contributed by atoms with Crippen molar-refractivity contribution in [2.24, 2.45) is 0 Å². The fourth-order valence-electron chi connectivity index (χ4n) is 4.23. The van der Waals surface area contributed by atoms with E-state index in [4.69, 9.17) is 9.72 Å². The van der Waals surface area contributed by atoms with Gasteiger partial charge in [0.2, 0.25) is 11.9 Å². The van der Waals surface area contributed by atoms with Crippen LogP contribution in [0, 0.1) is 0 Å². The number of nitrogens with zero attached hydrogens (tertiary/aromatic N) is 4. The van der Waals surface area contributed by atoms with Gasteiger partial charge >= 0.3 is 0 Å². The second-order valence-electron chi connectivity index (χ2n) is 8.11. The molecule has 2 aromatic carbocycles. The Kier molecular flexibility index (Phi) is 6.32. The van der Waals surface area contributed by atoms with Gasteiger partial charge in [0.15, 0.2) is 0 Å². The number of nitrogens with one attached hydrogen (secondary N) is 3. The molecule has 0 atom stereocenters. The van der Waals surface area contributed by atoms with Crippen molar-refractivity contribution < 1.29 is 9.53 Å². The Hall–Kier alpha value is -4.37. The molecular weight excluding hydrogens is 442 g/mol. The number of ether oxygens (including phenoxy) is 1.